The predicted octanol–water partition coefficient (Wildman–Crippen LogP) is 4.59. The third kappa shape index (κ3) is 3.33. The molecule has 2 heterocycles. The van der Waals surface area contributed by atoms with Gasteiger partial charge in [-0.25, -0.2) is 13.9 Å². The first-order chi connectivity index (χ1) is 14.5. The largest absolute Gasteiger partial charge is 0.493 e. The molecule has 0 aliphatic rings. The van der Waals surface area contributed by atoms with Crippen LogP contribution in [0.15, 0.2) is 48.5 Å². The summed E-state index contributed by atoms with van der Waals surface area (Å²) in [6, 6.07) is 16.1. The fourth-order valence-electron chi connectivity index (χ4n) is 3.45. The van der Waals surface area contributed by atoms with E-state index < -0.39 is 5.82 Å². The van der Waals surface area contributed by atoms with Crippen molar-refractivity contribution in [2.45, 2.75) is 13.3 Å². The molecule has 30 heavy (non-hydrogen) atoms. The number of halogens is 1. The molecule has 0 radical (unpaired) electrons. The van der Waals surface area contributed by atoms with Crippen molar-refractivity contribution in [3.63, 3.8) is 0 Å². The molecule has 0 atom stereocenters. The number of hydrogen-bond acceptors (Lipinski definition) is 5. The molecular weight excluding hydrogens is 383 g/mol. The van der Waals surface area contributed by atoms with Crippen LogP contribution in [-0.4, -0.2) is 28.8 Å². The van der Waals surface area contributed by atoms with Crippen molar-refractivity contribution in [2.75, 3.05) is 14.2 Å². The molecule has 150 valence electrons. The molecule has 0 saturated heterocycles. The van der Waals surface area contributed by atoms with E-state index in [9.17, 15) is 4.39 Å². The standard InChI is InChI=1S/C23H19FN4O2/c1-14-23(17-5-4-15(10-11-25)18(24)12-17)28-22(26-14)9-7-19(27-28)16-6-8-20(29-2)21(13-16)30-3/h4-9,12-13H,10H2,1-3H3. The zero-order valence-electron chi connectivity index (χ0n) is 16.8. The first kappa shape index (κ1) is 19.4. The number of fused-ring (bicyclic) bond motifs is 1. The Labute approximate surface area is 173 Å². The summed E-state index contributed by atoms with van der Waals surface area (Å²) in [5.74, 6) is 0.822. The van der Waals surface area contributed by atoms with Crippen molar-refractivity contribution in [1.29, 1.82) is 5.26 Å². The van der Waals surface area contributed by atoms with Crippen molar-refractivity contribution in [3.05, 3.63) is 65.6 Å². The van der Waals surface area contributed by atoms with Crippen LogP contribution < -0.4 is 9.47 Å². The van der Waals surface area contributed by atoms with Gasteiger partial charge in [0.05, 0.1) is 43.8 Å². The van der Waals surface area contributed by atoms with Crippen molar-refractivity contribution in [1.82, 2.24) is 14.6 Å². The molecule has 0 fully saturated rings. The Morgan fingerprint density at radius 2 is 1.77 bits per heavy atom. The Hall–Kier alpha value is -3.92. The highest BCUT2D eigenvalue weighted by atomic mass is 19.1. The lowest BCUT2D eigenvalue weighted by Crippen LogP contribution is -1.99. The van der Waals surface area contributed by atoms with Crippen molar-refractivity contribution in [3.8, 4) is 40.1 Å². The van der Waals surface area contributed by atoms with Gasteiger partial charge in [-0.1, -0.05) is 12.1 Å². The minimum absolute atomic E-state index is 0.0277. The first-order valence-electron chi connectivity index (χ1n) is 9.30. The Morgan fingerprint density at radius 3 is 2.47 bits per heavy atom. The molecule has 0 aliphatic heterocycles. The lowest BCUT2D eigenvalue weighted by molar-refractivity contribution is 0.355. The first-order valence-corrected chi connectivity index (χ1v) is 9.30. The predicted molar refractivity (Wildman–Crippen MR) is 111 cm³/mol. The van der Waals surface area contributed by atoms with Crippen LogP contribution in [0.2, 0.25) is 0 Å². The monoisotopic (exact) mass is 402 g/mol. The maximum absolute atomic E-state index is 14.4. The molecule has 0 aliphatic carbocycles. The number of aromatic nitrogens is 3. The number of hydrogen-bond donors (Lipinski definition) is 0. The van der Waals surface area contributed by atoms with Gasteiger partial charge in [-0.3, -0.25) is 0 Å². The summed E-state index contributed by atoms with van der Waals surface area (Å²) in [5, 5.41) is 13.6. The SMILES string of the molecule is COc1ccc(-c2ccc3nc(C)c(-c4ccc(CC#N)c(F)c4)n3n2)cc1OC. The quantitative estimate of drug-likeness (QED) is 0.488. The topological polar surface area (TPSA) is 72.4 Å². The number of nitrogens with zero attached hydrogens (tertiary/aromatic N) is 4. The molecule has 0 spiro atoms. The minimum Gasteiger partial charge on any atom is -0.493 e. The molecule has 2 aromatic carbocycles. The average molecular weight is 402 g/mol. The van der Waals surface area contributed by atoms with Crippen LogP contribution in [0.4, 0.5) is 4.39 Å². The van der Waals surface area contributed by atoms with Crippen LogP contribution in [0.1, 0.15) is 11.3 Å². The summed E-state index contributed by atoms with van der Waals surface area (Å²) in [4.78, 5) is 4.55. The van der Waals surface area contributed by atoms with Gasteiger partial charge >= 0.3 is 0 Å². The summed E-state index contributed by atoms with van der Waals surface area (Å²) in [5.41, 5.74) is 4.68. The van der Waals surface area contributed by atoms with Crippen LogP contribution >= 0.6 is 0 Å². The van der Waals surface area contributed by atoms with Gasteiger partial charge < -0.3 is 9.47 Å². The van der Waals surface area contributed by atoms with Gasteiger partial charge in [0.25, 0.3) is 0 Å². The Bertz CT molecular complexity index is 1290. The molecule has 4 rings (SSSR count). The highest BCUT2D eigenvalue weighted by Gasteiger charge is 2.16. The van der Waals surface area contributed by atoms with E-state index in [1.54, 1.807) is 30.9 Å². The molecule has 0 amide bonds. The number of benzene rings is 2. The van der Waals surface area contributed by atoms with E-state index in [1.165, 1.54) is 6.07 Å². The van der Waals surface area contributed by atoms with Crippen LogP contribution in [0.25, 0.3) is 28.2 Å². The fraction of sp³-hybridized carbons (Fsp3) is 0.174. The Kier molecular flexibility index (Phi) is 5.07. The summed E-state index contributed by atoms with van der Waals surface area (Å²) >= 11 is 0. The van der Waals surface area contributed by atoms with Crippen molar-refractivity contribution >= 4 is 5.65 Å². The molecule has 0 bridgehead atoms. The second-order valence-corrected chi connectivity index (χ2v) is 6.75. The molecule has 2 aromatic heterocycles. The summed E-state index contributed by atoms with van der Waals surface area (Å²) < 4.78 is 26.8. The molecule has 0 unspecified atom stereocenters. The zero-order valence-corrected chi connectivity index (χ0v) is 16.8. The second-order valence-electron chi connectivity index (χ2n) is 6.75. The van der Waals surface area contributed by atoms with Crippen molar-refractivity contribution in [2.24, 2.45) is 0 Å². The van der Waals surface area contributed by atoms with E-state index >= 15 is 0 Å². The van der Waals surface area contributed by atoms with Gasteiger partial charge in [-0.05, 0) is 43.3 Å². The molecule has 7 heteroatoms. The van der Waals surface area contributed by atoms with Gasteiger partial charge in [0.1, 0.15) is 5.82 Å². The van der Waals surface area contributed by atoms with Crippen LogP contribution in [0.5, 0.6) is 11.5 Å². The van der Waals surface area contributed by atoms with Gasteiger partial charge in [0.15, 0.2) is 17.1 Å². The van der Waals surface area contributed by atoms with Gasteiger partial charge in [0, 0.05) is 16.7 Å². The molecule has 0 N–H and O–H groups in total. The summed E-state index contributed by atoms with van der Waals surface area (Å²) in [6.07, 6.45) is 0.0277. The second kappa shape index (κ2) is 7.84. The van der Waals surface area contributed by atoms with Crippen molar-refractivity contribution < 1.29 is 13.9 Å². The van der Waals surface area contributed by atoms with Crippen LogP contribution in [-0.2, 0) is 6.42 Å². The van der Waals surface area contributed by atoms with E-state index in [0.717, 1.165) is 11.3 Å². The summed E-state index contributed by atoms with van der Waals surface area (Å²) in [7, 11) is 3.17. The number of nitriles is 1. The third-order valence-corrected chi connectivity index (χ3v) is 4.93. The zero-order chi connectivity index (χ0) is 21.3. The van der Waals surface area contributed by atoms with E-state index in [-0.39, 0.29) is 6.42 Å². The van der Waals surface area contributed by atoms with Crippen LogP contribution in [0, 0.1) is 24.1 Å². The Morgan fingerprint density at radius 1 is 1.00 bits per heavy atom. The van der Waals surface area contributed by atoms with Gasteiger partial charge in [-0.15, -0.1) is 0 Å². The highest BCUT2D eigenvalue weighted by Crippen LogP contribution is 2.32. The molecule has 4 aromatic rings. The van der Waals surface area contributed by atoms with E-state index in [1.807, 2.05) is 43.3 Å². The summed E-state index contributed by atoms with van der Waals surface area (Å²) in [6.45, 7) is 1.86. The number of aryl methyl sites for hydroxylation is 1. The Balaban J connectivity index is 1.85. The van der Waals surface area contributed by atoms with E-state index in [4.69, 9.17) is 19.8 Å². The third-order valence-electron chi connectivity index (χ3n) is 4.93. The fourth-order valence-corrected chi connectivity index (χ4v) is 3.45. The average Bonchev–Trinajstić information content (AvgIpc) is 3.09. The van der Waals surface area contributed by atoms with E-state index in [2.05, 4.69) is 4.98 Å². The number of methoxy groups -OCH3 is 2. The smallest absolute Gasteiger partial charge is 0.161 e. The highest BCUT2D eigenvalue weighted by molar-refractivity contribution is 5.69. The lowest BCUT2D eigenvalue weighted by Gasteiger charge is -2.10. The minimum atomic E-state index is -0.417. The van der Waals surface area contributed by atoms with Gasteiger partial charge in [0.2, 0.25) is 0 Å². The van der Waals surface area contributed by atoms with E-state index in [0.29, 0.717) is 39.7 Å². The van der Waals surface area contributed by atoms with Crippen LogP contribution in [0.3, 0.4) is 0 Å². The molecule has 0 saturated carbocycles. The number of ether oxygens (including phenoxy) is 2. The number of rotatable bonds is 5. The maximum Gasteiger partial charge on any atom is 0.161 e. The normalized spacial score (nSPS) is 10.8. The molecule has 6 nitrogen and oxygen atoms in total. The van der Waals surface area contributed by atoms with Gasteiger partial charge in [-0.2, -0.15) is 10.4 Å². The molecular formula is C23H19FN4O2. The maximum atomic E-state index is 14.4. The number of imidazole rings is 1. The lowest BCUT2D eigenvalue weighted by atomic mass is 10.1.